The molecule has 2 heterocycles. The van der Waals surface area contributed by atoms with Crippen molar-refractivity contribution in [3.05, 3.63) is 46.1 Å². The Morgan fingerprint density at radius 1 is 1.32 bits per heavy atom. The number of amides is 1. The number of carbonyl (C=O) groups excluding carboxylic acids is 1. The van der Waals surface area contributed by atoms with Crippen LogP contribution < -0.4 is 9.04 Å². The summed E-state index contributed by atoms with van der Waals surface area (Å²) in [5, 5.41) is 9.36. The molecule has 0 aliphatic carbocycles. The highest BCUT2D eigenvalue weighted by molar-refractivity contribution is 7.92. The maximum atomic E-state index is 13.1. The number of rotatable bonds is 5. The molecule has 8 nitrogen and oxygen atoms in total. The van der Waals surface area contributed by atoms with Gasteiger partial charge >= 0.3 is 0 Å². The van der Waals surface area contributed by atoms with Crippen molar-refractivity contribution in [1.82, 2.24) is 9.88 Å². The molecule has 1 aromatic heterocycles. The normalized spacial score (nSPS) is 13.6. The van der Waals surface area contributed by atoms with Crippen molar-refractivity contribution < 1.29 is 23.1 Å². The second-order valence-corrected chi connectivity index (χ2v) is 8.68. The van der Waals surface area contributed by atoms with Crippen LogP contribution in [0.5, 0.6) is 5.88 Å². The van der Waals surface area contributed by atoms with E-state index in [4.69, 9.17) is 33.0 Å². The first-order valence-corrected chi connectivity index (χ1v) is 10.4. The van der Waals surface area contributed by atoms with Gasteiger partial charge in [0.1, 0.15) is 12.3 Å². The third kappa shape index (κ3) is 3.88. The van der Waals surface area contributed by atoms with Crippen LogP contribution in [0.4, 0.5) is 5.69 Å². The number of aliphatic hydroxyl groups excluding tert-OH is 1. The number of pyridine rings is 1. The van der Waals surface area contributed by atoms with E-state index < -0.39 is 15.9 Å². The van der Waals surface area contributed by atoms with Gasteiger partial charge in [-0.05, 0) is 24.3 Å². The van der Waals surface area contributed by atoms with Gasteiger partial charge in [-0.15, -0.1) is 0 Å². The second-order valence-electron chi connectivity index (χ2n) is 6.00. The SMILES string of the molecule is CN(CCO)C(=O)c1cnc2c(c1)N(S(=O)(=O)c1ccc(Cl)c(Cl)c1)CCO2. The first-order chi connectivity index (χ1) is 13.3. The average molecular weight is 446 g/mol. The minimum atomic E-state index is -3.98. The number of ether oxygens (including phenoxy) is 1. The monoisotopic (exact) mass is 445 g/mol. The number of sulfonamides is 1. The standard InChI is InChI=1S/C17H17Cl2N3O5S/c1-21(4-6-23)17(24)11-8-15-16(20-10-11)27-7-5-22(15)28(25,26)12-2-3-13(18)14(19)9-12/h2-3,8-10,23H,4-7H2,1H3. The zero-order chi connectivity index (χ0) is 20.5. The number of nitrogens with zero attached hydrogens (tertiary/aromatic N) is 3. The summed E-state index contributed by atoms with van der Waals surface area (Å²) in [6.07, 6.45) is 1.31. The zero-order valence-corrected chi connectivity index (χ0v) is 17.1. The molecule has 3 rings (SSSR count). The van der Waals surface area contributed by atoms with Crippen LogP contribution in [-0.4, -0.2) is 62.7 Å². The minimum absolute atomic E-state index is 0.0381. The third-order valence-corrected chi connectivity index (χ3v) is 6.69. The lowest BCUT2D eigenvalue weighted by molar-refractivity contribution is 0.0766. The zero-order valence-electron chi connectivity index (χ0n) is 14.8. The van der Waals surface area contributed by atoms with Gasteiger partial charge in [-0.2, -0.15) is 0 Å². The second kappa shape index (κ2) is 8.12. The number of aromatic nitrogens is 1. The number of hydrogen-bond acceptors (Lipinski definition) is 6. The number of hydrogen-bond donors (Lipinski definition) is 1. The molecule has 0 unspecified atom stereocenters. The number of carbonyl (C=O) groups is 1. The topological polar surface area (TPSA) is 100 Å². The van der Waals surface area contributed by atoms with E-state index in [1.165, 1.54) is 42.4 Å². The Hall–Kier alpha value is -2.07. The molecule has 0 atom stereocenters. The van der Waals surface area contributed by atoms with Crippen molar-refractivity contribution in [2.24, 2.45) is 0 Å². The summed E-state index contributed by atoms with van der Waals surface area (Å²) in [6.45, 7) is 0.0961. The molecule has 28 heavy (non-hydrogen) atoms. The van der Waals surface area contributed by atoms with Gasteiger partial charge in [0, 0.05) is 19.8 Å². The molecule has 1 aliphatic heterocycles. The lowest BCUT2D eigenvalue weighted by Crippen LogP contribution is -2.38. The maximum Gasteiger partial charge on any atom is 0.264 e. The molecule has 0 radical (unpaired) electrons. The van der Waals surface area contributed by atoms with Gasteiger partial charge in [-0.25, -0.2) is 13.4 Å². The number of fused-ring (bicyclic) bond motifs is 1. The molecule has 11 heteroatoms. The Morgan fingerprint density at radius 3 is 2.75 bits per heavy atom. The number of halogens is 2. The molecule has 1 amide bonds. The van der Waals surface area contributed by atoms with Gasteiger partial charge in [0.05, 0.1) is 33.7 Å². The third-order valence-electron chi connectivity index (χ3n) is 4.14. The first-order valence-electron chi connectivity index (χ1n) is 8.22. The first kappa shape index (κ1) is 20.7. The molecular formula is C17H17Cl2N3O5S. The summed E-state index contributed by atoms with van der Waals surface area (Å²) >= 11 is 11.8. The Balaban J connectivity index is 2.03. The van der Waals surface area contributed by atoms with Crippen molar-refractivity contribution in [3.8, 4) is 5.88 Å². The molecule has 1 aromatic carbocycles. The van der Waals surface area contributed by atoms with Crippen molar-refractivity contribution in [1.29, 1.82) is 0 Å². The lowest BCUT2D eigenvalue weighted by atomic mass is 10.2. The molecule has 0 bridgehead atoms. The molecular weight excluding hydrogens is 429 g/mol. The Kier molecular flexibility index (Phi) is 5.99. The summed E-state index contributed by atoms with van der Waals surface area (Å²) in [5.74, 6) is -0.293. The van der Waals surface area contributed by atoms with Gasteiger partial charge in [-0.3, -0.25) is 9.10 Å². The van der Waals surface area contributed by atoms with Crippen molar-refractivity contribution in [2.45, 2.75) is 4.90 Å². The van der Waals surface area contributed by atoms with Crippen molar-refractivity contribution in [2.75, 3.05) is 37.7 Å². The molecule has 0 fully saturated rings. The van der Waals surface area contributed by atoms with Crippen LogP contribution in [0.15, 0.2) is 35.4 Å². The summed E-state index contributed by atoms with van der Waals surface area (Å²) in [5.41, 5.74) is 0.329. The highest BCUT2D eigenvalue weighted by Crippen LogP contribution is 2.35. The molecule has 0 saturated heterocycles. The molecule has 1 N–H and O–H groups in total. The summed E-state index contributed by atoms with van der Waals surface area (Å²) in [4.78, 5) is 17.8. The van der Waals surface area contributed by atoms with E-state index >= 15 is 0 Å². The van der Waals surface area contributed by atoms with E-state index in [0.29, 0.717) is 0 Å². The Bertz CT molecular complexity index is 1020. The Morgan fingerprint density at radius 2 is 2.07 bits per heavy atom. The maximum absolute atomic E-state index is 13.1. The lowest BCUT2D eigenvalue weighted by Gasteiger charge is -2.30. The molecule has 0 spiro atoms. The van der Waals surface area contributed by atoms with Crippen LogP contribution in [-0.2, 0) is 10.0 Å². The van der Waals surface area contributed by atoms with E-state index in [-0.39, 0.29) is 58.4 Å². The largest absolute Gasteiger partial charge is 0.474 e. The van der Waals surface area contributed by atoms with Gasteiger partial charge in [0.15, 0.2) is 0 Å². The van der Waals surface area contributed by atoms with Crippen LogP contribution in [0.2, 0.25) is 10.0 Å². The van der Waals surface area contributed by atoms with Crippen LogP contribution in [0.3, 0.4) is 0 Å². The number of likely N-dealkylation sites (N-methyl/N-ethyl adjacent to an activating group) is 1. The average Bonchev–Trinajstić information content (AvgIpc) is 2.68. The van der Waals surface area contributed by atoms with E-state index in [0.717, 1.165) is 4.31 Å². The highest BCUT2D eigenvalue weighted by Gasteiger charge is 2.32. The molecule has 1 aliphatic rings. The van der Waals surface area contributed by atoms with Crippen molar-refractivity contribution in [3.63, 3.8) is 0 Å². The van der Waals surface area contributed by atoms with Crippen LogP contribution >= 0.6 is 23.2 Å². The van der Waals surface area contributed by atoms with E-state index in [2.05, 4.69) is 4.98 Å². The molecule has 2 aromatic rings. The Labute approximate surface area is 172 Å². The number of aliphatic hydroxyl groups is 1. The van der Waals surface area contributed by atoms with E-state index in [1.807, 2.05) is 0 Å². The smallest absolute Gasteiger partial charge is 0.264 e. The highest BCUT2D eigenvalue weighted by atomic mass is 35.5. The van der Waals surface area contributed by atoms with Crippen molar-refractivity contribution >= 4 is 44.8 Å². The van der Waals surface area contributed by atoms with E-state index in [1.54, 1.807) is 0 Å². The predicted molar refractivity (Wildman–Crippen MR) is 105 cm³/mol. The van der Waals surface area contributed by atoms with Gasteiger partial charge < -0.3 is 14.7 Å². The van der Waals surface area contributed by atoms with Crippen LogP contribution in [0, 0.1) is 0 Å². The summed E-state index contributed by atoms with van der Waals surface area (Å²) in [6, 6.07) is 5.44. The quantitative estimate of drug-likeness (QED) is 0.755. The van der Waals surface area contributed by atoms with Crippen LogP contribution in [0.25, 0.3) is 0 Å². The summed E-state index contributed by atoms with van der Waals surface area (Å²) < 4.78 is 32.9. The predicted octanol–water partition coefficient (Wildman–Crippen LogP) is 2.04. The number of anilines is 1. The van der Waals surface area contributed by atoms with E-state index in [9.17, 15) is 13.2 Å². The van der Waals surface area contributed by atoms with Gasteiger partial charge in [0.25, 0.3) is 15.9 Å². The van der Waals surface area contributed by atoms with Gasteiger partial charge in [0.2, 0.25) is 5.88 Å². The fourth-order valence-corrected chi connectivity index (χ4v) is 4.51. The fraction of sp³-hybridized carbons (Fsp3) is 0.294. The minimum Gasteiger partial charge on any atom is -0.474 e. The summed E-state index contributed by atoms with van der Waals surface area (Å²) in [7, 11) is -2.46. The fourth-order valence-electron chi connectivity index (χ4n) is 2.68. The molecule has 0 saturated carbocycles. The number of benzene rings is 1. The van der Waals surface area contributed by atoms with Crippen LogP contribution in [0.1, 0.15) is 10.4 Å². The van der Waals surface area contributed by atoms with Gasteiger partial charge in [-0.1, -0.05) is 23.2 Å². The molecule has 150 valence electrons.